The molecule has 1 N–H and O–H groups in total. The second-order valence-corrected chi connectivity index (χ2v) is 4.23. The van der Waals surface area contributed by atoms with Crippen molar-refractivity contribution in [2.45, 2.75) is 18.8 Å². The van der Waals surface area contributed by atoms with Gasteiger partial charge in [0.25, 0.3) is 0 Å². The van der Waals surface area contributed by atoms with Gasteiger partial charge in [-0.15, -0.1) is 0 Å². The Morgan fingerprint density at radius 1 is 1.17 bits per heavy atom. The highest BCUT2D eigenvalue weighted by molar-refractivity contribution is 6.22. The van der Waals surface area contributed by atoms with Gasteiger partial charge < -0.3 is 5.11 Å². The number of allylic oxidation sites excluding steroid dienone is 1. The Morgan fingerprint density at radius 3 is 2.17 bits per heavy atom. The van der Waals surface area contributed by atoms with Crippen LogP contribution in [0.3, 0.4) is 0 Å². The average Bonchev–Trinajstić information content (AvgIpc) is 2.38. The summed E-state index contributed by atoms with van der Waals surface area (Å²) < 4.78 is 0. The highest BCUT2D eigenvalue weighted by Crippen LogP contribution is 2.31. The second kappa shape index (κ2) is 4.84. The number of ketones is 2. The summed E-state index contributed by atoms with van der Waals surface area (Å²) in [6.07, 6.45) is 1.02. The van der Waals surface area contributed by atoms with Crippen molar-refractivity contribution < 1.29 is 14.7 Å². The summed E-state index contributed by atoms with van der Waals surface area (Å²) >= 11 is 0. The molecule has 1 fully saturated rings. The molecular weight excluding hydrogens is 230 g/mol. The number of Topliss-reactive ketones (excluding diaryl/α,β-unsaturated/α-hetero) is 2. The van der Waals surface area contributed by atoms with Crippen LogP contribution in [0, 0.1) is 11.3 Å². The topological polar surface area (TPSA) is 78.2 Å². The van der Waals surface area contributed by atoms with E-state index in [9.17, 15) is 9.59 Å². The van der Waals surface area contributed by atoms with Gasteiger partial charge in [-0.25, -0.2) is 0 Å². The van der Waals surface area contributed by atoms with Gasteiger partial charge in [0.1, 0.15) is 0 Å². The third kappa shape index (κ3) is 2.16. The summed E-state index contributed by atoms with van der Waals surface area (Å²) in [6, 6.07) is 8.87. The Labute approximate surface area is 104 Å². The molecule has 0 heterocycles. The zero-order chi connectivity index (χ0) is 13.1. The van der Waals surface area contributed by atoms with Crippen LogP contribution in [0.2, 0.25) is 0 Å². The standard InChI is InChI=1S/C14H11NO3/c15-7-9-1-3-10(4-2-9)11-5-13(17)12(8-16)14(18)6-11/h1-4,8,11,16H,5-6H2. The molecule has 18 heavy (non-hydrogen) atoms. The zero-order valence-corrected chi connectivity index (χ0v) is 9.59. The largest absolute Gasteiger partial charge is 0.515 e. The third-order valence-corrected chi connectivity index (χ3v) is 3.10. The minimum absolute atomic E-state index is 0.111. The Bertz CT molecular complexity index is 544. The first-order chi connectivity index (χ1) is 8.65. The number of nitriles is 1. The first-order valence-electron chi connectivity index (χ1n) is 5.56. The number of carbonyl (C=O) groups is 2. The molecule has 0 aromatic heterocycles. The lowest BCUT2D eigenvalue weighted by molar-refractivity contribution is -0.124. The molecule has 1 aromatic rings. The van der Waals surface area contributed by atoms with Crippen LogP contribution in [-0.2, 0) is 9.59 Å². The summed E-state index contributed by atoms with van der Waals surface area (Å²) in [5.74, 6) is -0.826. The van der Waals surface area contributed by atoms with E-state index >= 15 is 0 Å². The maximum atomic E-state index is 11.6. The van der Waals surface area contributed by atoms with Gasteiger partial charge in [0.05, 0.1) is 23.5 Å². The van der Waals surface area contributed by atoms with Crippen molar-refractivity contribution >= 4 is 11.6 Å². The molecule has 0 bridgehead atoms. The summed E-state index contributed by atoms with van der Waals surface area (Å²) in [4.78, 5) is 23.3. The van der Waals surface area contributed by atoms with E-state index in [0.29, 0.717) is 11.8 Å². The van der Waals surface area contributed by atoms with Gasteiger partial charge in [0.2, 0.25) is 0 Å². The van der Waals surface area contributed by atoms with Crippen molar-refractivity contribution in [2.24, 2.45) is 0 Å². The summed E-state index contributed by atoms with van der Waals surface area (Å²) in [7, 11) is 0. The Balaban J connectivity index is 2.23. The van der Waals surface area contributed by atoms with Crippen LogP contribution >= 0.6 is 0 Å². The fraction of sp³-hybridized carbons (Fsp3) is 0.214. The van der Waals surface area contributed by atoms with Crippen molar-refractivity contribution in [3.63, 3.8) is 0 Å². The van der Waals surface area contributed by atoms with Crippen molar-refractivity contribution in [3.8, 4) is 6.07 Å². The van der Waals surface area contributed by atoms with Crippen molar-refractivity contribution in [3.05, 3.63) is 47.2 Å². The number of aliphatic hydroxyl groups is 1. The second-order valence-electron chi connectivity index (χ2n) is 4.23. The quantitative estimate of drug-likeness (QED) is 0.463. The van der Waals surface area contributed by atoms with Gasteiger partial charge in [-0.2, -0.15) is 5.26 Å². The molecule has 0 aliphatic heterocycles. The highest BCUT2D eigenvalue weighted by Gasteiger charge is 2.31. The van der Waals surface area contributed by atoms with Crippen LogP contribution in [0.4, 0.5) is 0 Å². The third-order valence-electron chi connectivity index (χ3n) is 3.10. The molecule has 4 heteroatoms. The van der Waals surface area contributed by atoms with Crippen LogP contribution in [0.5, 0.6) is 0 Å². The Kier molecular flexibility index (Phi) is 3.24. The van der Waals surface area contributed by atoms with Gasteiger partial charge in [-0.1, -0.05) is 12.1 Å². The zero-order valence-electron chi connectivity index (χ0n) is 9.59. The molecule has 0 unspecified atom stereocenters. The molecule has 0 amide bonds. The van der Waals surface area contributed by atoms with Gasteiger partial charge in [-0.05, 0) is 23.6 Å². The normalized spacial score (nSPS) is 19.5. The fourth-order valence-corrected chi connectivity index (χ4v) is 2.10. The number of aliphatic hydroxyl groups excluding tert-OH is 1. The summed E-state index contributed by atoms with van der Waals surface area (Å²) in [5.41, 5.74) is 1.30. The van der Waals surface area contributed by atoms with Crippen LogP contribution < -0.4 is 0 Å². The lowest BCUT2D eigenvalue weighted by atomic mass is 9.80. The fourth-order valence-electron chi connectivity index (χ4n) is 2.10. The highest BCUT2D eigenvalue weighted by atomic mass is 16.2. The van der Waals surface area contributed by atoms with E-state index in [4.69, 9.17) is 10.4 Å². The molecule has 0 saturated heterocycles. The predicted octanol–water partition coefficient (Wildman–Crippen LogP) is 2.02. The van der Waals surface area contributed by atoms with E-state index in [2.05, 4.69) is 0 Å². The Morgan fingerprint density at radius 2 is 1.72 bits per heavy atom. The molecule has 1 aromatic carbocycles. The summed E-state index contributed by atoms with van der Waals surface area (Å²) in [5, 5.41) is 17.5. The van der Waals surface area contributed by atoms with Crippen LogP contribution in [0.15, 0.2) is 36.1 Å². The van der Waals surface area contributed by atoms with E-state index in [1.165, 1.54) is 0 Å². The molecule has 1 aliphatic rings. The molecule has 0 atom stereocenters. The van der Waals surface area contributed by atoms with Crippen LogP contribution in [0.25, 0.3) is 0 Å². The minimum atomic E-state index is -0.330. The SMILES string of the molecule is N#Cc1ccc(C2CC(=O)C(=CO)C(=O)C2)cc1. The Hall–Kier alpha value is -2.41. The molecular formula is C14H11NO3. The molecule has 0 radical (unpaired) electrons. The molecule has 90 valence electrons. The monoisotopic (exact) mass is 241 g/mol. The lowest BCUT2D eigenvalue weighted by Crippen LogP contribution is -2.24. The number of nitrogens with zero attached hydrogens (tertiary/aromatic N) is 1. The number of rotatable bonds is 1. The van der Waals surface area contributed by atoms with Gasteiger partial charge in [0.15, 0.2) is 11.6 Å². The average molecular weight is 241 g/mol. The first kappa shape index (κ1) is 12.1. The number of benzene rings is 1. The number of hydrogen-bond donors (Lipinski definition) is 1. The summed E-state index contributed by atoms with van der Waals surface area (Å²) in [6.45, 7) is 0. The van der Waals surface area contributed by atoms with Crippen LogP contribution in [0.1, 0.15) is 29.9 Å². The number of hydrogen-bond acceptors (Lipinski definition) is 4. The molecule has 0 spiro atoms. The molecule has 4 nitrogen and oxygen atoms in total. The van der Waals surface area contributed by atoms with E-state index in [-0.39, 0.29) is 35.9 Å². The maximum absolute atomic E-state index is 11.6. The number of carbonyl (C=O) groups excluding carboxylic acids is 2. The molecule has 2 rings (SSSR count). The van der Waals surface area contributed by atoms with E-state index in [0.717, 1.165) is 5.56 Å². The lowest BCUT2D eigenvalue weighted by Gasteiger charge is -2.21. The maximum Gasteiger partial charge on any atom is 0.170 e. The minimum Gasteiger partial charge on any atom is -0.515 e. The van der Waals surface area contributed by atoms with E-state index < -0.39 is 0 Å². The van der Waals surface area contributed by atoms with Crippen molar-refractivity contribution in [2.75, 3.05) is 0 Å². The van der Waals surface area contributed by atoms with E-state index in [1.54, 1.807) is 24.3 Å². The van der Waals surface area contributed by atoms with Crippen molar-refractivity contribution in [1.29, 1.82) is 5.26 Å². The van der Waals surface area contributed by atoms with Gasteiger partial charge >= 0.3 is 0 Å². The molecule has 1 saturated carbocycles. The van der Waals surface area contributed by atoms with Gasteiger partial charge in [0, 0.05) is 12.8 Å². The smallest absolute Gasteiger partial charge is 0.170 e. The van der Waals surface area contributed by atoms with Gasteiger partial charge in [-0.3, -0.25) is 9.59 Å². The van der Waals surface area contributed by atoms with E-state index in [1.807, 2.05) is 6.07 Å². The first-order valence-corrected chi connectivity index (χ1v) is 5.56. The molecule has 1 aliphatic carbocycles. The predicted molar refractivity (Wildman–Crippen MR) is 63.9 cm³/mol. The van der Waals surface area contributed by atoms with Crippen molar-refractivity contribution in [1.82, 2.24) is 0 Å². The van der Waals surface area contributed by atoms with Crippen LogP contribution in [-0.4, -0.2) is 16.7 Å².